The molecule has 4 aromatic rings. The Balaban J connectivity index is 1.39. The first-order chi connectivity index (χ1) is 13.2. The Hall–Kier alpha value is -3.53. The van der Waals surface area contributed by atoms with E-state index in [1.807, 2.05) is 67.6 Å². The monoisotopic (exact) mass is 356 g/mol. The van der Waals surface area contributed by atoms with Gasteiger partial charge in [-0.2, -0.15) is 0 Å². The van der Waals surface area contributed by atoms with Crippen molar-refractivity contribution >= 4 is 22.5 Å². The molecule has 0 unspecified atom stereocenters. The number of fused-ring (bicyclic) bond motifs is 1. The van der Waals surface area contributed by atoms with Gasteiger partial charge in [0, 0.05) is 22.3 Å². The van der Waals surface area contributed by atoms with E-state index in [4.69, 9.17) is 4.74 Å². The zero-order valence-electron chi connectivity index (χ0n) is 15.0. The standard InChI is InChI=1S/C23H20N2O2/c1-16-5-4-7-20(13-16)27-15-23(26)24-19-11-9-17(10-12-19)22-14-18-6-2-3-8-21(18)25-22/h2-14,25H,15H2,1H3,(H,24,26). The molecule has 0 aliphatic heterocycles. The number of amides is 1. The lowest BCUT2D eigenvalue weighted by Gasteiger charge is -2.08. The Morgan fingerprint density at radius 3 is 2.56 bits per heavy atom. The number of nitrogens with one attached hydrogen (secondary N) is 2. The fourth-order valence-electron chi connectivity index (χ4n) is 3.01. The minimum Gasteiger partial charge on any atom is -0.484 e. The first-order valence-electron chi connectivity index (χ1n) is 8.85. The third kappa shape index (κ3) is 4.01. The fraction of sp³-hybridized carbons (Fsp3) is 0.0870. The van der Waals surface area contributed by atoms with Gasteiger partial charge in [0.25, 0.3) is 5.91 Å². The molecule has 1 heterocycles. The van der Waals surface area contributed by atoms with Crippen molar-refractivity contribution in [3.05, 3.63) is 84.4 Å². The van der Waals surface area contributed by atoms with Crippen LogP contribution >= 0.6 is 0 Å². The molecule has 1 aromatic heterocycles. The number of para-hydroxylation sites is 1. The maximum atomic E-state index is 12.1. The van der Waals surface area contributed by atoms with Gasteiger partial charge in [-0.25, -0.2) is 0 Å². The van der Waals surface area contributed by atoms with Crippen molar-refractivity contribution in [2.24, 2.45) is 0 Å². The van der Waals surface area contributed by atoms with Gasteiger partial charge in [-0.3, -0.25) is 4.79 Å². The van der Waals surface area contributed by atoms with Crippen molar-refractivity contribution in [3.8, 4) is 17.0 Å². The first-order valence-corrected chi connectivity index (χ1v) is 8.85. The molecule has 4 nitrogen and oxygen atoms in total. The molecule has 0 saturated carbocycles. The Bertz CT molecular complexity index is 1050. The van der Waals surface area contributed by atoms with Crippen LogP contribution in [0.15, 0.2) is 78.9 Å². The van der Waals surface area contributed by atoms with Gasteiger partial charge in [-0.1, -0.05) is 42.5 Å². The summed E-state index contributed by atoms with van der Waals surface area (Å²) in [6.45, 7) is 1.97. The lowest BCUT2D eigenvalue weighted by Crippen LogP contribution is -2.20. The lowest BCUT2D eigenvalue weighted by atomic mass is 10.1. The molecule has 0 fully saturated rings. The highest BCUT2D eigenvalue weighted by atomic mass is 16.5. The summed E-state index contributed by atoms with van der Waals surface area (Å²) in [5, 5.41) is 4.04. The smallest absolute Gasteiger partial charge is 0.262 e. The molecule has 0 spiro atoms. The van der Waals surface area contributed by atoms with Crippen LogP contribution in [0.5, 0.6) is 5.75 Å². The van der Waals surface area contributed by atoms with E-state index in [-0.39, 0.29) is 12.5 Å². The van der Waals surface area contributed by atoms with Gasteiger partial charge in [0.1, 0.15) is 5.75 Å². The summed E-state index contributed by atoms with van der Waals surface area (Å²) >= 11 is 0. The maximum Gasteiger partial charge on any atom is 0.262 e. The summed E-state index contributed by atoms with van der Waals surface area (Å²) in [6, 6.07) is 25.7. The quantitative estimate of drug-likeness (QED) is 0.519. The molecule has 27 heavy (non-hydrogen) atoms. The summed E-state index contributed by atoms with van der Waals surface area (Å²) in [5.74, 6) is 0.508. The van der Waals surface area contributed by atoms with Gasteiger partial charge in [0.15, 0.2) is 6.61 Å². The number of rotatable bonds is 5. The average Bonchev–Trinajstić information content (AvgIpc) is 3.11. The number of benzene rings is 3. The minimum absolute atomic E-state index is 0.0206. The van der Waals surface area contributed by atoms with Gasteiger partial charge in [-0.05, 0) is 54.4 Å². The number of aromatic amines is 1. The van der Waals surface area contributed by atoms with Crippen LogP contribution in [0.1, 0.15) is 5.56 Å². The van der Waals surface area contributed by atoms with E-state index >= 15 is 0 Å². The van der Waals surface area contributed by atoms with Crippen LogP contribution in [0.3, 0.4) is 0 Å². The van der Waals surface area contributed by atoms with E-state index in [9.17, 15) is 4.79 Å². The average molecular weight is 356 g/mol. The molecule has 0 saturated heterocycles. The van der Waals surface area contributed by atoms with Crippen molar-refractivity contribution in [1.29, 1.82) is 0 Å². The molecule has 4 heteroatoms. The first kappa shape index (κ1) is 16.9. The number of aromatic nitrogens is 1. The Morgan fingerprint density at radius 1 is 0.963 bits per heavy atom. The number of aryl methyl sites for hydroxylation is 1. The van der Waals surface area contributed by atoms with E-state index < -0.39 is 0 Å². The number of hydrogen-bond acceptors (Lipinski definition) is 2. The number of hydrogen-bond donors (Lipinski definition) is 2. The van der Waals surface area contributed by atoms with Gasteiger partial charge in [0.2, 0.25) is 0 Å². The van der Waals surface area contributed by atoms with Crippen molar-refractivity contribution in [3.63, 3.8) is 0 Å². The Kier molecular flexibility index (Phi) is 4.62. The molecule has 0 radical (unpaired) electrons. The summed E-state index contributed by atoms with van der Waals surface area (Å²) in [6.07, 6.45) is 0. The molecule has 134 valence electrons. The lowest BCUT2D eigenvalue weighted by molar-refractivity contribution is -0.118. The fourth-order valence-corrected chi connectivity index (χ4v) is 3.01. The predicted molar refractivity (Wildman–Crippen MR) is 109 cm³/mol. The van der Waals surface area contributed by atoms with E-state index in [0.717, 1.165) is 28.0 Å². The zero-order chi connectivity index (χ0) is 18.6. The topological polar surface area (TPSA) is 54.1 Å². The molecular formula is C23H20N2O2. The van der Waals surface area contributed by atoms with Gasteiger partial charge < -0.3 is 15.0 Å². The molecule has 0 atom stereocenters. The Labute approximate surface area is 157 Å². The number of carbonyl (C=O) groups excluding carboxylic acids is 1. The molecule has 0 bridgehead atoms. The van der Waals surface area contributed by atoms with Crippen molar-refractivity contribution in [1.82, 2.24) is 4.98 Å². The molecule has 0 aliphatic carbocycles. The highest BCUT2D eigenvalue weighted by Gasteiger charge is 2.06. The van der Waals surface area contributed by atoms with Gasteiger partial charge in [0.05, 0.1) is 0 Å². The van der Waals surface area contributed by atoms with Crippen molar-refractivity contribution < 1.29 is 9.53 Å². The number of ether oxygens (including phenoxy) is 1. The minimum atomic E-state index is -0.185. The number of carbonyl (C=O) groups is 1. The largest absolute Gasteiger partial charge is 0.484 e. The van der Waals surface area contributed by atoms with Crippen LogP contribution in [0.25, 0.3) is 22.2 Å². The SMILES string of the molecule is Cc1cccc(OCC(=O)Nc2ccc(-c3cc4ccccc4[nH]3)cc2)c1. The van der Waals surface area contributed by atoms with E-state index in [2.05, 4.69) is 28.5 Å². The maximum absolute atomic E-state index is 12.1. The molecule has 3 aromatic carbocycles. The highest BCUT2D eigenvalue weighted by molar-refractivity contribution is 5.92. The third-order valence-electron chi connectivity index (χ3n) is 4.37. The van der Waals surface area contributed by atoms with Crippen LogP contribution in [0, 0.1) is 6.92 Å². The van der Waals surface area contributed by atoms with E-state index in [1.165, 1.54) is 5.39 Å². The highest BCUT2D eigenvalue weighted by Crippen LogP contribution is 2.25. The van der Waals surface area contributed by atoms with Gasteiger partial charge in [-0.15, -0.1) is 0 Å². The molecular weight excluding hydrogens is 336 g/mol. The second kappa shape index (κ2) is 7.38. The van der Waals surface area contributed by atoms with Crippen LogP contribution in [-0.4, -0.2) is 17.5 Å². The Morgan fingerprint density at radius 2 is 1.78 bits per heavy atom. The zero-order valence-corrected chi connectivity index (χ0v) is 15.0. The molecule has 2 N–H and O–H groups in total. The van der Waals surface area contributed by atoms with Gasteiger partial charge >= 0.3 is 0 Å². The molecule has 0 aliphatic rings. The molecule has 4 rings (SSSR count). The van der Waals surface area contributed by atoms with Crippen molar-refractivity contribution in [2.45, 2.75) is 6.92 Å². The summed E-state index contributed by atoms with van der Waals surface area (Å²) in [7, 11) is 0. The van der Waals surface area contributed by atoms with E-state index in [1.54, 1.807) is 0 Å². The summed E-state index contributed by atoms with van der Waals surface area (Å²) in [5.41, 5.74) is 5.07. The second-order valence-electron chi connectivity index (χ2n) is 6.50. The van der Waals surface area contributed by atoms with Crippen LogP contribution < -0.4 is 10.1 Å². The van der Waals surface area contributed by atoms with Crippen LogP contribution in [0.2, 0.25) is 0 Å². The second-order valence-corrected chi connectivity index (χ2v) is 6.50. The summed E-state index contributed by atoms with van der Waals surface area (Å²) < 4.78 is 5.53. The van der Waals surface area contributed by atoms with Crippen LogP contribution in [0.4, 0.5) is 5.69 Å². The summed E-state index contributed by atoms with van der Waals surface area (Å²) in [4.78, 5) is 15.5. The van der Waals surface area contributed by atoms with E-state index in [0.29, 0.717) is 5.75 Å². The number of anilines is 1. The molecule has 1 amide bonds. The van der Waals surface area contributed by atoms with Crippen molar-refractivity contribution in [2.75, 3.05) is 11.9 Å². The number of H-pyrrole nitrogens is 1. The van der Waals surface area contributed by atoms with Crippen LogP contribution in [-0.2, 0) is 4.79 Å². The normalized spacial score (nSPS) is 10.7. The third-order valence-corrected chi connectivity index (χ3v) is 4.37. The predicted octanol–water partition coefficient (Wildman–Crippen LogP) is 5.16.